The van der Waals surface area contributed by atoms with E-state index in [9.17, 15) is 14.4 Å². The fraction of sp³-hybridized carbons (Fsp3) is 0.746. The lowest BCUT2D eigenvalue weighted by Crippen LogP contribution is -2.30. The van der Waals surface area contributed by atoms with Crippen molar-refractivity contribution in [2.24, 2.45) is 0 Å². The van der Waals surface area contributed by atoms with E-state index in [0.29, 0.717) is 19.3 Å². The maximum atomic E-state index is 12.9. The molecule has 0 aromatic heterocycles. The first-order chi connectivity index (χ1) is 36.0. The molecule has 6 nitrogen and oxygen atoms in total. The molecule has 1 atom stereocenters. The van der Waals surface area contributed by atoms with Gasteiger partial charge in [-0.05, 0) is 116 Å². The largest absolute Gasteiger partial charge is 0.462 e. The molecule has 0 aromatic rings. The molecule has 0 spiro atoms. The van der Waals surface area contributed by atoms with Crippen molar-refractivity contribution < 1.29 is 28.6 Å². The number of hydrogen-bond donors (Lipinski definition) is 0. The first-order valence-electron chi connectivity index (χ1n) is 31.1. The summed E-state index contributed by atoms with van der Waals surface area (Å²) in [6, 6.07) is 0. The molecule has 0 radical (unpaired) electrons. The van der Waals surface area contributed by atoms with Crippen LogP contribution in [0, 0.1) is 0 Å². The highest BCUT2D eigenvalue weighted by Crippen LogP contribution is 2.16. The zero-order chi connectivity index (χ0) is 52.9. The molecule has 0 N–H and O–H groups in total. The number of allylic oxidation sites excluding steroid dienone is 14. The van der Waals surface area contributed by atoms with Crippen LogP contribution in [0.5, 0.6) is 0 Å². The molecule has 0 fully saturated rings. The van der Waals surface area contributed by atoms with Crippen molar-refractivity contribution in [1.29, 1.82) is 0 Å². The first-order valence-corrected chi connectivity index (χ1v) is 31.1. The molecule has 6 heteroatoms. The summed E-state index contributed by atoms with van der Waals surface area (Å²) >= 11 is 0. The molecule has 0 unspecified atom stereocenters. The van der Waals surface area contributed by atoms with E-state index >= 15 is 0 Å². The second-order valence-electron chi connectivity index (χ2n) is 20.6. The van der Waals surface area contributed by atoms with Crippen molar-refractivity contribution in [3.63, 3.8) is 0 Å². The Kier molecular flexibility index (Phi) is 58.3. The Morgan fingerprint density at radius 1 is 0.288 bits per heavy atom. The summed E-state index contributed by atoms with van der Waals surface area (Å²) in [5, 5.41) is 0. The van der Waals surface area contributed by atoms with Gasteiger partial charge in [0.2, 0.25) is 0 Å². The predicted octanol–water partition coefficient (Wildman–Crippen LogP) is 21.1. The van der Waals surface area contributed by atoms with Gasteiger partial charge in [0.15, 0.2) is 6.10 Å². The maximum Gasteiger partial charge on any atom is 0.306 e. The van der Waals surface area contributed by atoms with E-state index in [1.54, 1.807) is 0 Å². The van der Waals surface area contributed by atoms with E-state index < -0.39 is 6.10 Å². The van der Waals surface area contributed by atoms with Crippen molar-refractivity contribution in [2.45, 2.75) is 309 Å². The number of carbonyl (C=O) groups excluding carboxylic acids is 3. The highest BCUT2D eigenvalue weighted by Gasteiger charge is 2.19. The van der Waals surface area contributed by atoms with Gasteiger partial charge in [0, 0.05) is 19.3 Å². The second kappa shape index (κ2) is 61.1. The third-order valence-electron chi connectivity index (χ3n) is 13.4. The van der Waals surface area contributed by atoms with Gasteiger partial charge in [-0.3, -0.25) is 14.4 Å². The normalized spacial score (nSPS) is 12.6. The van der Waals surface area contributed by atoms with Gasteiger partial charge >= 0.3 is 17.9 Å². The Morgan fingerprint density at radius 3 is 0.863 bits per heavy atom. The van der Waals surface area contributed by atoms with E-state index in [0.717, 1.165) is 103 Å². The lowest BCUT2D eigenvalue weighted by atomic mass is 10.0. The molecule has 0 rings (SSSR count). The third-order valence-corrected chi connectivity index (χ3v) is 13.4. The summed E-state index contributed by atoms with van der Waals surface area (Å²) < 4.78 is 16.9. The Labute approximate surface area is 452 Å². The SMILES string of the molecule is CC/C=C\C/C=C\C/C=C\C/C=C\C/C=C\CCCCCC(=O)OC[C@H](COC(=O)CCCCCCC/C=C\CCCCCCCC)OC(=O)CCCCCCCCCCCCC/C=C\CCCCCCCC. The van der Waals surface area contributed by atoms with Gasteiger partial charge in [-0.2, -0.15) is 0 Å². The molecule has 0 aromatic carbocycles. The van der Waals surface area contributed by atoms with Gasteiger partial charge < -0.3 is 14.2 Å². The minimum atomic E-state index is -0.795. The molecule has 0 bridgehead atoms. The van der Waals surface area contributed by atoms with Gasteiger partial charge in [-0.15, -0.1) is 0 Å². The van der Waals surface area contributed by atoms with E-state index in [-0.39, 0.29) is 31.1 Å². The van der Waals surface area contributed by atoms with Gasteiger partial charge in [0.25, 0.3) is 0 Å². The van der Waals surface area contributed by atoms with E-state index in [1.165, 1.54) is 161 Å². The molecule has 0 heterocycles. The minimum Gasteiger partial charge on any atom is -0.462 e. The van der Waals surface area contributed by atoms with E-state index in [4.69, 9.17) is 14.2 Å². The standard InChI is InChI=1S/C67H116O6/c1-4-7-10-13-16-19-22-25-28-30-32-33-35-37-40-43-46-49-52-55-58-61-67(70)73-64(62-71-65(68)59-56-53-50-47-44-41-38-27-24-21-18-15-12-9-6-3)63-72-66(69)60-57-54-51-48-45-42-39-36-34-31-29-26-23-20-17-14-11-8-5-2/h8,11,17,20,25-29,34,36,38,42,45,64H,4-7,9-10,12-16,18-19,21-24,30-33,35,37,39-41,43-44,46-63H2,1-3H3/b11-8-,20-17-,28-25-,29-26-,36-34-,38-27-,45-42-/t64-/m0/s1. The van der Waals surface area contributed by atoms with Gasteiger partial charge in [0.05, 0.1) is 0 Å². The fourth-order valence-electron chi connectivity index (χ4n) is 8.69. The van der Waals surface area contributed by atoms with Crippen LogP contribution in [-0.2, 0) is 28.6 Å². The number of hydrogen-bond acceptors (Lipinski definition) is 6. The molecular weight excluding hydrogens is 901 g/mol. The van der Waals surface area contributed by atoms with Crippen LogP contribution in [0.3, 0.4) is 0 Å². The Bertz CT molecular complexity index is 1400. The number of carbonyl (C=O) groups is 3. The Hall–Kier alpha value is -3.41. The average Bonchev–Trinajstić information content (AvgIpc) is 3.39. The smallest absolute Gasteiger partial charge is 0.306 e. The number of unbranched alkanes of at least 4 members (excludes halogenated alkanes) is 31. The minimum absolute atomic E-state index is 0.0907. The van der Waals surface area contributed by atoms with E-state index in [2.05, 4.69) is 106 Å². The van der Waals surface area contributed by atoms with Crippen LogP contribution in [0.25, 0.3) is 0 Å². The van der Waals surface area contributed by atoms with Gasteiger partial charge in [-0.1, -0.05) is 254 Å². The molecular formula is C67H116O6. The molecule has 0 aliphatic rings. The highest BCUT2D eigenvalue weighted by atomic mass is 16.6. The van der Waals surface area contributed by atoms with Crippen molar-refractivity contribution in [3.8, 4) is 0 Å². The quantitative estimate of drug-likeness (QED) is 0.0261. The van der Waals surface area contributed by atoms with Crippen molar-refractivity contribution in [2.75, 3.05) is 13.2 Å². The van der Waals surface area contributed by atoms with Crippen LogP contribution in [0.2, 0.25) is 0 Å². The second-order valence-corrected chi connectivity index (χ2v) is 20.6. The number of rotatable bonds is 56. The molecule has 73 heavy (non-hydrogen) atoms. The van der Waals surface area contributed by atoms with Crippen LogP contribution in [0.1, 0.15) is 303 Å². The molecule has 0 aliphatic heterocycles. The lowest BCUT2D eigenvalue weighted by Gasteiger charge is -2.18. The van der Waals surface area contributed by atoms with Crippen LogP contribution in [0.15, 0.2) is 85.1 Å². The lowest BCUT2D eigenvalue weighted by molar-refractivity contribution is -0.167. The zero-order valence-electron chi connectivity index (χ0n) is 48.1. The summed E-state index contributed by atoms with van der Waals surface area (Å²) in [5.74, 6) is -0.922. The molecule has 0 saturated heterocycles. The average molecular weight is 1020 g/mol. The fourth-order valence-corrected chi connectivity index (χ4v) is 8.69. The van der Waals surface area contributed by atoms with Crippen molar-refractivity contribution in [1.82, 2.24) is 0 Å². The van der Waals surface area contributed by atoms with Crippen molar-refractivity contribution >= 4 is 17.9 Å². The summed E-state index contributed by atoms with van der Waals surface area (Å²) in [7, 11) is 0. The summed E-state index contributed by atoms with van der Waals surface area (Å²) in [6.45, 7) is 6.51. The summed E-state index contributed by atoms with van der Waals surface area (Å²) in [6.07, 6.45) is 80.1. The Morgan fingerprint density at radius 2 is 0.534 bits per heavy atom. The molecule has 0 aliphatic carbocycles. The molecule has 0 saturated carbocycles. The summed E-state index contributed by atoms with van der Waals surface area (Å²) in [5.41, 5.74) is 0. The van der Waals surface area contributed by atoms with Gasteiger partial charge in [0.1, 0.15) is 13.2 Å². The van der Waals surface area contributed by atoms with Crippen molar-refractivity contribution in [3.05, 3.63) is 85.1 Å². The molecule has 0 amide bonds. The zero-order valence-corrected chi connectivity index (χ0v) is 48.1. The maximum absolute atomic E-state index is 12.9. The monoisotopic (exact) mass is 1020 g/mol. The topological polar surface area (TPSA) is 78.9 Å². The van der Waals surface area contributed by atoms with Crippen LogP contribution < -0.4 is 0 Å². The third kappa shape index (κ3) is 59.3. The highest BCUT2D eigenvalue weighted by molar-refractivity contribution is 5.71. The van der Waals surface area contributed by atoms with Crippen LogP contribution in [0.4, 0.5) is 0 Å². The van der Waals surface area contributed by atoms with Gasteiger partial charge in [-0.25, -0.2) is 0 Å². The first kappa shape index (κ1) is 69.6. The van der Waals surface area contributed by atoms with Crippen LogP contribution in [-0.4, -0.2) is 37.2 Å². The number of ether oxygens (including phenoxy) is 3. The predicted molar refractivity (Wildman–Crippen MR) is 316 cm³/mol. The van der Waals surface area contributed by atoms with Crippen LogP contribution >= 0.6 is 0 Å². The summed E-state index contributed by atoms with van der Waals surface area (Å²) in [4.78, 5) is 38.3. The van der Waals surface area contributed by atoms with E-state index in [1.807, 2.05) is 0 Å². The Balaban J connectivity index is 4.42. The molecule has 420 valence electrons. The number of esters is 3.